The van der Waals surface area contributed by atoms with E-state index in [1.54, 1.807) is 12.1 Å². The first-order valence-corrected chi connectivity index (χ1v) is 16.7. The third-order valence-electron chi connectivity index (χ3n) is 9.64. The largest absolute Gasteiger partial charge is 0.508 e. The quantitative estimate of drug-likeness (QED) is 0.174. The molecule has 0 atom stereocenters. The third kappa shape index (κ3) is 6.74. The van der Waals surface area contributed by atoms with Gasteiger partial charge < -0.3 is 19.1 Å². The maximum atomic E-state index is 9.82. The highest BCUT2D eigenvalue weighted by Crippen LogP contribution is 2.37. The third-order valence-corrected chi connectivity index (χ3v) is 9.64. The predicted octanol–water partition coefficient (Wildman–Crippen LogP) is 9.22. The van der Waals surface area contributed by atoms with Crippen molar-refractivity contribution in [1.82, 2.24) is 9.47 Å². The van der Waals surface area contributed by atoms with Gasteiger partial charge in [-0.3, -0.25) is 4.90 Å². The van der Waals surface area contributed by atoms with E-state index in [-0.39, 0.29) is 5.75 Å². The van der Waals surface area contributed by atoms with Crippen LogP contribution in [0.4, 0.5) is 0 Å². The first kappa shape index (κ1) is 29.5. The van der Waals surface area contributed by atoms with Crippen LogP contribution in [0.25, 0.3) is 33.3 Å². The van der Waals surface area contributed by atoms with Crippen molar-refractivity contribution in [3.05, 3.63) is 102 Å². The number of phenolic OH excluding ortho intramolecular Hbond substituents is 1. The summed E-state index contributed by atoms with van der Waals surface area (Å²) in [6.07, 6.45) is 9.15. The summed E-state index contributed by atoms with van der Waals surface area (Å²) in [5.41, 5.74) is 8.34. The number of aryl methyl sites for hydroxylation is 1. The molecule has 1 N–H and O–H groups in total. The molecule has 1 aromatic heterocycles. The maximum Gasteiger partial charge on any atom is 0.119 e. The number of piperidine rings is 1. The van der Waals surface area contributed by atoms with Gasteiger partial charge in [0.15, 0.2) is 0 Å². The lowest BCUT2D eigenvalue weighted by Gasteiger charge is -2.26. The molecule has 2 heterocycles. The van der Waals surface area contributed by atoms with Crippen LogP contribution in [0.1, 0.15) is 56.1 Å². The molecule has 1 aliphatic carbocycles. The molecule has 4 aromatic carbocycles. The van der Waals surface area contributed by atoms with E-state index in [0.29, 0.717) is 6.10 Å². The summed E-state index contributed by atoms with van der Waals surface area (Å²) in [6, 6.07) is 31.5. The summed E-state index contributed by atoms with van der Waals surface area (Å²) >= 11 is 0. The number of ether oxygens (including phenoxy) is 2. The van der Waals surface area contributed by atoms with Crippen LogP contribution in [0.5, 0.6) is 17.2 Å². The second-order valence-corrected chi connectivity index (χ2v) is 12.8. The van der Waals surface area contributed by atoms with Gasteiger partial charge in [0.1, 0.15) is 23.9 Å². The normalized spacial score (nSPS) is 15.9. The molecule has 0 spiro atoms. The predicted molar refractivity (Wildman–Crippen MR) is 183 cm³/mol. The Morgan fingerprint density at radius 2 is 1.38 bits per heavy atom. The molecule has 0 bridgehead atoms. The Morgan fingerprint density at radius 1 is 0.711 bits per heavy atom. The summed E-state index contributed by atoms with van der Waals surface area (Å²) in [4.78, 5) is 2.51. The van der Waals surface area contributed by atoms with Gasteiger partial charge in [0.05, 0.1) is 11.8 Å². The first-order valence-electron chi connectivity index (χ1n) is 16.7. The Balaban J connectivity index is 1.17. The number of hydrogen-bond donors (Lipinski definition) is 1. The van der Waals surface area contributed by atoms with E-state index >= 15 is 0 Å². The van der Waals surface area contributed by atoms with Crippen LogP contribution >= 0.6 is 0 Å². The fraction of sp³-hybridized carbons (Fsp3) is 0.350. The molecule has 5 nitrogen and oxygen atoms in total. The average molecular weight is 601 g/mol. The number of benzene rings is 4. The van der Waals surface area contributed by atoms with E-state index in [1.165, 1.54) is 78.5 Å². The van der Waals surface area contributed by atoms with Crippen molar-refractivity contribution in [2.75, 3.05) is 26.2 Å². The number of aromatic hydroxyl groups is 1. The highest BCUT2D eigenvalue weighted by molar-refractivity contribution is 5.94. The van der Waals surface area contributed by atoms with Crippen LogP contribution in [-0.4, -0.2) is 46.9 Å². The Kier molecular flexibility index (Phi) is 8.79. The second-order valence-electron chi connectivity index (χ2n) is 12.8. The summed E-state index contributed by atoms with van der Waals surface area (Å²) in [6.45, 7) is 7.11. The lowest BCUT2D eigenvalue weighted by atomic mass is 10.0. The van der Waals surface area contributed by atoms with E-state index in [0.717, 1.165) is 55.2 Å². The van der Waals surface area contributed by atoms with E-state index < -0.39 is 0 Å². The smallest absolute Gasteiger partial charge is 0.119 e. The molecule has 232 valence electrons. The molecule has 0 amide bonds. The minimum atomic E-state index is 0.281. The number of hydrogen-bond acceptors (Lipinski definition) is 4. The second kappa shape index (κ2) is 13.4. The molecule has 1 saturated heterocycles. The van der Waals surface area contributed by atoms with Gasteiger partial charge in [-0.25, -0.2) is 0 Å². The topological polar surface area (TPSA) is 46.9 Å². The van der Waals surface area contributed by atoms with E-state index in [1.807, 2.05) is 12.1 Å². The number of nitrogens with zero attached hydrogens (tertiary/aromatic N) is 2. The zero-order valence-corrected chi connectivity index (χ0v) is 26.4. The molecular formula is C40H44N2O3. The van der Waals surface area contributed by atoms with Crippen molar-refractivity contribution in [2.45, 2.75) is 64.5 Å². The minimum Gasteiger partial charge on any atom is -0.508 e. The lowest BCUT2D eigenvalue weighted by molar-refractivity contribution is 0.183. The Labute approximate surface area is 267 Å². The summed E-state index contributed by atoms with van der Waals surface area (Å²) < 4.78 is 14.9. The Morgan fingerprint density at radius 3 is 2.11 bits per heavy atom. The fourth-order valence-corrected chi connectivity index (χ4v) is 7.13. The Hall–Kier alpha value is -4.22. The van der Waals surface area contributed by atoms with Gasteiger partial charge in [-0.2, -0.15) is 0 Å². The highest BCUT2D eigenvalue weighted by Gasteiger charge is 2.19. The molecule has 2 fully saturated rings. The zero-order valence-electron chi connectivity index (χ0n) is 26.4. The van der Waals surface area contributed by atoms with E-state index in [9.17, 15) is 5.11 Å². The van der Waals surface area contributed by atoms with Crippen molar-refractivity contribution in [1.29, 1.82) is 0 Å². The first-order chi connectivity index (χ1) is 22.1. The van der Waals surface area contributed by atoms with Crippen LogP contribution in [0, 0.1) is 6.92 Å². The molecule has 45 heavy (non-hydrogen) atoms. The highest BCUT2D eigenvalue weighted by atomic mass is 16.5. The minimum absolute atomic E-state index is 0.281. The number of likely N-dealkylation sites (tertiary alicyclic amines) is 1. The monoisotopic (exact) mass is 600 g/mol. The number of phenols is 1. The molecule has 1 saturated carbocycles. The van der Waals surface area contributed by atoms with Gasteiger partial charge in [-0.1, -0.05) is 36.8 Å². The molecule has 0 unspecified atom stereocenters. The molecule has 5 heteroatoms. The number of rotatable bonds is 10. The van der Waals surface area contributed by atoms with Crippen LogP contribution in [0.2, 0.25) is 0 Å². The van der Waals surface area contributed by atoms with E-state index in [4.69, 9.17) is 9.47 Å². The molecule has 2 aliphatic rings. The van der Waals surface area contributed by atoms with Crippen LogP contribution in [0.3, 0.4) is 0 Å². The van der Waals surface area contributed by atoms with Gasteiger partial charge in [-0.05, 0) is 147 Å². The average Bonchev–Trinajstić information content (AvgIpc) is 3.69. The van der Waals surface area contributed by atoms with Crippen LogP contribution < -0.4 is 9.47 Å². The SMILES string of the molecule is Cc1c(-c2ccc(OC3CCCC3)cc2)n(Cc2ccc(OCCN3CCCCC3)cc2)c2ccc(-c3ccc(O)cc3)cc12. The van der Waals surface area contributed by atoms with Gasteiger partial charge in [0, 0.05) is 24.0 Å². The molecule has 5 aromatic rings. The number of aromatic nitrogens is 1. The molecule has 7 rings (SSSR count). The van der Waals surface area contributed by atoms with Crippen LogP contribution in [-0.2, 0) is 6.54 Å². The lowest BCUT2D eigenvalue weighted by Crippen LogP contribution is -2.33. The number of fused-ring (bicyclic) bond motifs is 1. The summed E-state index contributed by atoms with van der Waals surface area (Å²) in [5, 5.41) is 11.1. The molecule has 0 radical (unpaired) electrons. The fourth-order valence-electron chi connectivity index (χ4n) is 7.13. The van der Waals surface area contributed by atoms with Gasteiger partial charge in [0.25, 0.3) is 0 Å². The van der Waals surface area contributed by atoms with Crippen molar-refractivity contribution >= 4 is 10.9 Å². The summed E-state index contributed by atoms with van der Waals surface area (Å²) in [5.74, 6) is 2.17. The van der Waals surface area contributed by atoms with Crippen molar-refractivity contribution < 1.29 is 14.6 Å². The maximum absolute atomic E-state index is 9.82. The van der Waals surface area contributed by atoms with Crippen molar-refractivity contribution in [3.8, 4) is 39.6 Å². The molecule has 1 aliphatic heterocycles. The molecular weight excluding hydrogens is 556 g/mol. The van der Waals surface area contributed by atoms with Crippen LogP contribution in [0.15, 0.2) is 91.0 Å². The van der Waals surface area contributed by atoms with E-state index in [2.05, 4.69) is 83.1 Å². The standard InChI is InChI=1S/C40H44N2O3/c1-29-38-27-33(31-11-16-34(43)17-12-31)15-22-39(38)42(40(29)32-13-20-37(21-14-32)45-36-7-3-4-8-36)28-30-9-18-35(19-10-30)44-26-25-41-23-5-2-6-24-41/h9-22,27,36,43H,2-8,23-26,28H2,1H3. The van der Waals surface area contributed by atoms with Gasteiger partial charge >= 0.3 is 0 Å². The summed E-state index contributed by atoms with van der Waals surface area (Å²) in [7, 11) is 0. The van der Waals surface area contributed by atoms with Crippen molar-refractivity contribution in [3.63, 3.8) is 0 Å². The van der Waals surface area contributed by atoms with Crippen molar-refractivity contribution in [2.24, 2.45) is 0 Å². The zero-order chi connectivity index (χ0) is 30.6. The van der Waals surface area contributed by atoms with Gasteiger partial charge in [-0.15, -0.1) is 0 Å². The Bertz CT molecular complexity index is 1710. The van der Waals surface area contributed by atoms with Gasteiger partial charge in [0.2, 0.25) is 0 Å².